The van der Waals surface area contributed by atoms with Crippen molar-refractivity contribution in [1.29, 1.82) is 0 Å². The number of methoxy groups -OCH3 is 1. The molecule has 5 heteroatoms. The van der Waals surface area contributed by atoms with Gasteiger partial charge in [-0.2, -0.15) is 0 Å². The minimum Gasteiger partial charge on any atom is -0.504 e. The maximum atomic E-state index is 11.7. The largest absolute Gasteiger partial charge is 0.504 e. The van der Waals surface area contributed by atoms with E-state index in [9.17, 15) is 9.90 Å². The van der Waals surface area contributed by atoms with Crippen LogP contribution in [0.15, 0.2) is 18.2 Å². The molecule has 1 amide bonds. The number of nitrogens with one attached hydrogen (secondary N) is 1. The van der Waals surface area contributed by atoms with Gasteiger partial charge < -0.3 is 20.1 Å². The molecule has 0 aliphatic heterocycles. The molecule has 0 aliphatic rings. The highest BCUT2D eigenvalue weighted by atomic mass is 16.5. The van der Waals surface area contributed by atoms with Gasteiger partial charge in [0.1, 0.15) is 0 Å². The molecule has 0 aliphatic carbocycles. The molecule has 21 heavy (non-hydrogen) atoms. The lowest BCUT2D eigenvalue weighted by Gasteiger charge is -2.13. The lowest BCUT2D eigenvalue weighted by Crippen LogP contribution is -2.28. The smallest absolute Gasteiger partial charge is 0.220 e. The van der Waals surface area contributed by atoms with E-state index in [-0.39, 0.29) is 11.7 Å². The van der Waals surface area contributed by atoms with Gasteiger partial charge in [-0.3, -0.25) is 4.79 Å². The van der Waals surface area contributed by atoms with Gasteiger partial charge in [0.25, 0.3) is 0 Å². The molecule has 0 heterocycles. The maximum Gasteiger partial charge on any atom is 0.220 e. The lowest BCUT2D eigenvalue weighted by molar-refractivity contribution is -0.121. The minimum absolute atomic E-state index is 0.0567. The van der Waals surface area contributed by atoms with Crippen LogP contribution in [-0.2, 0) is 11.2 Å². The Labute approximate surface area is 126 Å². The normalized spacial score (nSPS) is 10.7. The molecule has 0 radical (unpaired) electrons. The number of nitrogens with zero attached hydrogens (tertiary/aromatic N) is 1. The molecule has 0 saturated heterocycles. The number of aryl methyl sites for hydroxylation is 1. The van der Waals surface area contributed by atoms with Crippen LogP contribution in [0, 0.1) is 0 Å². The summed E-state index contributed by atoms with van der Waals surface area (Å²) in [7, 11) is 3.58. The molecule has 0 fully saturated rings. The Morgan fingerprint density at radius 1 is 1.43 bits per heavy atom. The van der Waals surface area contributed by atoms with Crippen molar-refractivity contribution in [1.82, 2.24) is 10.2 Å². The van der Waals surface area contributed by atoms with Gasteiger partial charge in [0.05, 0.1) is 7.11 Å². The zero-order chi connectivity index (χ0) is 15.7. The number of hydrogen-bond acceptors (Lipinski definition) is 4. The summed E-state index contributed by atoms with van der Waals surface area (Å²) in [4.78, 5) is 14.0. The monoisotopic (exact) mass is 294 g/mol. The maximum absolute atomic E-state index is 11.7. The van der Waals surface area contributed by atoms with E-state index in [2.05, 4.69) is 24.2 Å². The molecular weight excluding hydrogens is 268 g/mol. The van der Waals surface area contributed by atoms with Crippen LogP contribution >= 0.6 is 0 Å². The molecule has 1 rings (SSSR count). The molecule has 2 N–H and O–H groups in total. The molecule has 0 unspecified atom stereocenters. The Kier molecular flexibility index (Phi) is 7.61. The van der Waals surface area contributed by atoms with Crippen LogP contribution in [0.1, 0.15) is 25.3 Å². The standard InChI is InChI=1S/C16H26N2O3/c1-4-18(2)11-5-10-17-16(20)9-7-13-6-8-14(19)15(12-13)21-3/h6,8,12,19H,4-5,7,9-11H2,1-3H3,(H,17,20). The molecule has 0 bridgehead atoms. The van der Waals surface area contributed by atoms with Crippen molar-refractivity contribution in [3.63, 3.8) is 0 Å². The fourth-order valence-electron chi connectivity index (χ4n) is 1.96. The first-order chi connectivity index (χ1) is 10.1. The van der Waals surface area contributed by atoms with Crippen LogP contribution in [-0.4, -0.2) is 49.7 Å². The Bertz CT molecular complexity index is 449. The van der Waals surface area contributed by atoms with E-state index in [1.807, 2.05) is 0 Å². The lowest BCUT2D eigenvalue weighted by atomic mass is 10.1. The molecule has 1 aromatic rings. The van der Waals surface area contributed by atoms with E-state index >= 15 is 0 Å². The minimum atomic E-state index is 0.0567. The highest BCUT2D eigenvalue weighted by Crippen LogP contribution is 2.26. The molecule has 0 atom stereocenters. The second-order valence-corrected chi connectivity index (χ2v) is 5.11. The predicted octanol–water partition coefficient (Wildman–Crippen LogP) is 1.79. The number of phenolic OH excluding ortho intramolecular Hbond substituents is 1. The average Bonchev–Trinajstić information content (AvgIpc) is 2.50. The Hall–Kier alpha value is -1.75. The highest BCUT2D eigenvalue weighted by Gasteiger charge is 2.06. The van der Waals surface area contributed by atoms with Crippen molar-refractivity contribution >= 4 is 5.91 Å². The van der Waals surface area contributed by atoms with E-state index in [1.54, 1.807) is 18.2 Å². The van der Waals surface area contributed by atoms with E-state index in [0.717, 1.165) is 25.1 Å². The van der Waals surface area contributed by atoms with Crippen LogP contribution in [0.25, 0.3) is 0 Å². The number of phenols is 1. The molecule has 5 nitrogen and oxygen atoms in total. The summed E-state index contributed by atoms with van der Waals surface area (Å²) in [6, 6.07) is 5.16. The molecule has 118 valence electrons. The van der Waals surface area contributed by atoms with E-state index in [0.29, 0.717) is 25.1 Å². The van der Waals surface area contributed by atoms with Crippen LogP contribution in [0.3, 0.4) is 0 Å². The van der Waals surface area contributed by atoms with Crippen molar-refractivity contribution in [3.05, 3.63) is 23.8 Å². The molecule has 0 spiro atoms. The Morgan fingerprint density at radius 3 is 2.86 bits per heavy atom. The van der Waals surface area contributed by atoms with Gasteiger partial charge in [0.15, 0.2) is 11.5 Å². The van der Waals surface area contributed by atoms with Crippen molar-refractivity contribution in [2.75, 3.05) is 33.8 Å². The summed E-state index contributed by atoms with van der Waals surface area (Å²) in [5, 5.41) is 12.4. The molecular formula is C16H26N2O3. The van der Waals surface area contributed by atoms with Gasteiger partial charge in [-0.15, -0.1) is 0 Å². The number of carbonyl (C=O) groups excluding carboxylic acids is 1. The Balaban J connectivity index is 2.27. The summed E-state index contributed by atoms with van der Waals surface area (Å²) >= 11 is 0. The van der Waals surface area contributed by atoms with Gasteiger partial charge in [-0.1, -0.05) is 13.0 Å². The van der Waals surface area contributed by atoms with E-state index in [1.165, 1.54) is 7.11 Å². The van der Waals surface area contributed by atoms with Crippen molar-refractivity contribution in [3.8, 4) is 11.5 Å². The van der Waals surface area contributed by atoms with Gasteiger partial charge >= 0.3 is 0 Å². The zero-order valence-electron chi connectivity index (χ0n) is 13.2. The topological polar surface area (TPSA) is 61.8 Å². The summed E-state index contributed by atoms with van der Waals surface area (Å²) < 4.78 is 5.05. The van der Waals surface area contributed by atoms with Crippen molar-refractivity contribution < 1.29 is 14.6 Å². The second kappa shape index (κ2) is 9.23. The fraction of sp³-hybridized carbons (Fsp3) is 0.562. The Morgan fingerprint density at radius 2 is 2.19 bits per heavy atom. The van der Waals surface area contributed by atoms with Gasteiger partial charge in [-0.05, 0) is 50.7 Å². The fourth-order valence-corrected chi connectivity index (χ4v) is 1.96. The van der Waals surface area contributed by atoms with Gasteiger partial charge in [-0.25, -0.2) is 0 Å². The average molecular weight is 294 g/mol. The number of aromatic hydroxyl groups is 1. The third kappa shape index (κ3) is 6.49. The summed E-state index contributed by atoms with van der Waals surface area (Å²) in [5.74, 6) is 0.613. The number of benzene rings is 1. The van der Waals surface area contributed by atoms with Gasteiger partial charge in [0, 0.05) is 13.0 Å². The third-order valence-electron chi connectivity index (χ3n) is 3.46. The SMILES string of the molecule is CCN(C)CCCNC(=O)CCc1ccc(O)c(OC)c1. The van der Waals surface area contributed by atoms with Crippen LogP contribution in [0.5, 0.6) is 11.5 Å². The van der Waals surface area contributed by atoms with Crippen LogP contribution < -0.4 is 10.1 Å². The number of rotatable bonds is 9. The van der Waals surface area contributed by atoms with Crippen molar-refractivity contribution in [2.45, 2.75) is 26.2 Å². The molecule has 0 saturated carbocycles. The zero-order valence-corrected chi connectivity index (χ0v) is 13.2. The number of amides is 1. The van der Waals surface area contributed by atoms with Crippen LogP contribution in [0.4, 0.5) is 0 Å². The first kappa shape index (κ1) is 17.3. The first-order valence-electron chi connectivity index (χ1n) is 7.38. The highest BCUT2D eigenvalue weighted by molar-refractivity contribution is 5.76. The first-order valence-corrected chi connectivity index (χ1v) is 7.38. The van der Waals surface area contributed by atoms with Crippen molar-refractivity contribution in [2.24, 2.45) is 0 Å². The summed E-state index contributed by atoms with van der Waals surface area (Å²) in [6.07, 6.45) is 2.04. The molecule has 0 aromatic heterocycles. The van der Waals surface area contributed by atoms with Gasteiger partial charge in [0.2, 0.25) is 5.91 Å². The quantitative estimate of drug-likeness (QED) is 0.682. The van der Waals surface area contributed by atoms with Crippen LogP contribution in [0.2, 0.25) is 0 Å². The number of ether oxygens (including phenoxy) is 1. The van der Waals surface area contributed by atoms with E-state index < -0.39 is 0 Å². The number of hydrogen-bond donors (Lipinski definition) is 2. The molecule has 1 aromatic carbocycles. The van der Waals surface area contributed by atoms with E-state index in [4.69, 9.17) is 4.74 Å². The summed E-state index contributed by atoms with van der Waals surface area (Å²) in [6.45, 7) is 4.84. The third-order valence-corrected chi connectivity index (χ3v) is 3.46. The predicted molar refractivity (Wildman–Crippen MR) is 83.8 cm³/mol. The number of carbonyl (C=O) groups is 1. The second-order valence-electron chi connectivity index (χ2n) is 5.11. The summed E-state index contributed by atoms with van der Waals surface area (Å²) in [5.41, 5.74) is 0.977.